The maximum atomic E-state index is 6.28. The van der Waals surface area contributed by atoms with Gasteiger partial charge in [0.05, 0.1) is 25.4 Å². The summed E-state index contributed by atoms with van der Waals surface area (Å²) in [7, 11) is 1.69. The van der Waals surface area contributed by atoms with Crippen LogP contribution < -0.4 is 10.1 Å². The fourth-order valence-corrected chi connectivity index (χ4v) is 4.93. The molecule has 2 aliphatic heterocycles. The van der Waals surface area contributed by atoms with Crippen molar-refractivity contribution >= 4 is 17.0 Å². The van der Waals surface area contributed by atoms with Gasteiger partial charge in [-0.1, -0.05) is 0 Å². The van der Waals surface area contributed by atoms with Crippen LogP contribution >= 0.6 is 11.3 Å². The van der Waals surface area contributed by atoms with Gasteiger partial charge in [0.2, 0.25) is 0 Å². The minimum Gasteiger partial charge on any atom is -0.497 e. The highest BCUT2D eigenvalue weighted by atomic mass is 32.1. The maximum Gasteiger partial charge on any atom is 0.119 e. The molecule has 1 N–H and O–H groups in total. The lowest BCUT2D eigenvalue weighted by Gasteiger charge is -2.23. The zero-order chi connectivity index (χ0) is 17.3. The molecule has 4 nitrogen and oxygen atoms in total. The fourth-order valence-electron chi connectivity index (χ4n) is 4.00. The number of ether oxygens (including phenoxy) is 2. The van der Waals surface area contributed by atoms with Crippen molar-refractivity contribution in [3.05, 3.63) is 46.2 Å². The first kappa shape index (κ1) is 16.9. The zero-order valence-electron chi connectivity index (χ0n) is 15.0. The second-order valence-corrected chi connectivity index (χ2v) is 8.61. The SMILES string of the molecule is COc1ccc(N[C@@H]2CO[C@]3(CCN(Cc4ccc(C)s4)C3)C2)cc1. The molecule has 134 valence electrons. The van der Waals surface area contributed by atoms with Crippen molar-refractivity contribution < 1.29 is 9.47 Å². The van der Waals surface area contributed by atoms with Crippen LogP contribution in [0.1, 0.15) is 22.6 Å². The van der Waals surface area contributed by atoms with Gasteiger partial charge in [-0.05, 0) is 49.7 Å². The van der Waals surface area contributed by atoms with Gasteiger partial charge in [-0.3, -0.25) is 4.90 Å². The molecule has 2 aliphatic rings. The molecule has 0 unspecified atom stereocenters. The highest BCUT2D eigenvalue weighted by Gasteiger charge is 2.45. The third kappa shape index (κ3) is 3.84. The standard InChI is InChI=1S/C20H26N2O2S/c1-15-3-8-19(25-15)12-22-10-9-20(14-22)11-17(13-24-20)21-16-4-6-18(23-2)7-5-16/h3-8,17,21H,9-14H2,1-2H3/t17-,20+/m0/s1. The highest BCUT2D eigenvalue weighted by Crippen LogP contribution is 2.37. The van der Waals surface area contributed by atoms with Gasteiger partial charge in [-0.15, -0.1) is 11.3 Å². The van der Waals surface area contributed by atoms with Crippen LogP contribution in [0, 0.1) is 6.92 Å². The Morgan fingerprint density at radius 1 is 1.28 bits per heavy atom. The monoisotopic (exact) mass is 358 g/mol. The summed E-state index contributed by atoms with van der Waals surface area (Å²) in [5.74, 6) is 0.889. The fraction of sp³-hybridized carbons (Fsp3) is 0.500. The molecule has 1 aromatic heterocycles. The molecule has 2 aromatic rings. The first-order valence-corrected chi connectivity index (χ1v) is 9.78. The van der Waals surface area contributed by atoms with Crippen molar-refractivity contribution in [2.24, 2.45) is 0 Å². The van der Waals surface area contributed by atoms with Crippen LogP contribution in [0.25, 0.3) is 0 Å². The number of hydrogen-bond acceptors (Lipinski definition) is 5. The maximum absolute atomic E-state index is 6.28. The molecule has 0 saturated carbocycles. The quantitative estimate of drug-likeness (QED) is 0.879. The van der Waals surface area contributed by atoms with E-state index in [4.69, 9.17) is 9.47 Å². The average Bonchev–Trinajstić information content (AvgIpc) is 3.31. The van der Waals surface area contributed by atoms with Gasteiger partial charge in [0.25, 0.3) is 0 Å². The van der Waals surface area contributed by atoms with E-state index in [0.717, 1.165) is 50.5 Å². The molecule has 0 radical (unpaired) electrons. The average molecular weight is 359 g/mol. The van der Waals surface area contributed by atoms with Crippen molar-refractivity contribution in [3.8, 4) is 5.75 Å². The number of nitrogens with one attached hydrogen (secondary N) is 1. The van der Waals surface area contributed by atoms with Crippen LogP contribution in [-0.2, 0) is 11.3 Å². The number of rotatable bonds is 5. The Morgan fingerprint density at radius 3 is 2.84 bits per heavy atom. The molecule has 4 rings (SSSR count). The van der Waals surface area contributed by atoms with Crippen LogP contribution in [0.15, 0.2) is 36.4 Å². The molecule has 2 saturated heterocycles. The Kier molecular flexibility index (Phi) is 4.71. The normalized spacial score (nSPS) is 26.4. The summed E-state index contributed by atoms with van der Waals surface area (Å²) >= 11 is 1.91. The first-order valence-electron chi connectivity index (χ1n) is 8.96. The lowest BCUT2D eigenvalue weighted by Crippen LogP contribution is -2.33. The van der Waals surface area contributed by atoms with Crippen molar-refractivity contribution in [1.29, 1.82) is 0 Å². The predicted octanol–water partition coefficient (Wildman–Crippen LogP) is 3.91. The summed E-state index contributed by atoms with van der Waals surface area (Å²) in [6, 6.07) is 13.0. The van der Waals surface area contributed by atoms with Gasteiger partial charge in [0.1, 0.15) is 5.75 Å². The molecule has 1 aromatic carbocycles. The van der Waals surface area contributed by atoms with Crippen molar-refractivity contribution in [1.82, 2.24) is 4.90 Å². The van der Waals surface area contributed by atoms with Crippen LogP contribution in [-0.4, -0.2) is 43.3 Å². The molecule has 3 heterocycles. The van der Waals surface area contributed by atoms with Gasteiger partial charge in [0, 0.05) is 41.5 Å². The van der Waals surface area contributed by atoms with E-state index in [1.807, 2.05) is 23.5 Å². The number of methoxy groups -OCH3 is 1. The van der Waals surface area contributed by atoms with E-state index in [1.54, 1.807) is 7.11 Å². The van der Waals surface area contributed by atoms with Crippen molar-refractivity contribution in [2.45, 2.75) is 38.0 Å². The molecule has 1 spiro atoms. The zero-order valence-corrected chi connectivity index (χ0v) is 15.8. The van der Waals surface area contributed by atoms with E-state index >= 15 is 0 Å². The second-order valence-electron chi connectivity index (χ2n) is 7.24. The van der Waals surface area contributed by atoms with Gasteiger partial charge >= 0.3 is 0 Å². The number of likely N-dealkylation sites (tertiary alicyclic amines) is 1. The van der Waals surface area contributed by atoms with E-state index in [9.17, 15) is 0 Å². The predicted molar refractivity (Wildman–Crippen MR) is 103 cm³/mol. The van der Waals surface area contributed by atoms with Gasteiger partial charge < -0.3 is 14.8 Å². The molecular weight excluding hydrogens is 332 g/mol. The topological polar surface area (TPSA) is 33.7 Å². The number of thiophene rings is 1. The number of anilines is 1. The van der Waals surface area contributed by atoms with Crippen LogP contribution in [0.3, 0.4) is 0 Å². The smallest absolute Gasteiger partial charge is 0.119 e. The number of nitrogens with zero attached hydrogens (tertiary/aromatic N) is 1. The molecule has 0 amide bonds. The largest absolute Gasteiger partial charge is 0.497 e. The number of benzene rings is 1. The van der Waals surface area contributed by atoms with Crippen LogP contribution in [0.4, 0.5) is 5.69 Å². The Bertz CT molecular complexity index is 715. The number of hydrogen-bond donors (Lipinski definition) is 1. The Labute approximate surface area is 153 Å². The third-order valence-corrected chi connectivity index (χ3v) is 6.23. The van der Waals surface area contributed by atoms with Gasteiger partial charge in [-0.25, -0.2) is 0 Å². The molecule has 0 bridgehead atoms. The Hall–Kier alpha value is -1.56. The van der Waals surface area contributed by atoms with Crippen molar-refractivity contribution in [2.75, 3.05) is 32.1 Å². The molecule has 0 aliphatic carbocycles. The van der Waals surface area contributed by atoms with E-state index < -0.39 is 0 Å². The summed E-state index contributed by atoms with van der Waals surface area (Å²) < 4.78 is 11.5. The Morgan fingerprint density at radius 2 is 2.12 bits per heavy atom. The minimum atomic E-state index is 0.0381. The van der Waals surface area contributed by atoms with Crippen LogP contribution in [0.5, 0.6) is 5.75 Å². The Balaban J connectivity index is 1.32. The minimum absolute atomic E-state index is 0.0381. The molecular formula is C20H26N2O2S. The van der Waals surface area contributed by atoms with Gasteiger partial charge in [-0.2, -0.15) is 0 Å². The summed E-state index contributed by atoms with van der Waals surface area (Å²) in [6.45, 7) is 6.20. The van der Waals surface area contributed by atoms with E-state index in [-0.39, 0.29) is 5.60 Å². The van der Waals surface area contributed by atoms with Crippen LogP contribution in [0.2, 0.25) is 0 Å². The highest BCUT2D eigenvalue weighted by molar-refractivity contribution is 7.11. The lowest BCUT2D eigenvalue weighted by molar-refractivity contribution is 0.0120. The second kappa shape index (κ2) is 6.98. The van der Waals surface area contributed by atoms with Crippen molar-refractivity contribution in [3.63, 3.8) is 0 Å². The molecule has 25 heavy (non-hydrogen) atoms. The van der Waals surface area contributed by atoms with E-state index in [2.05, 4.69) is 41.4 Å². The lowest BCUT2D eigenvalue weighted by atomic mass is 9.97. The van der Waals surface area contributed by atoms with Gasteiger partial charge in [0.15, 0.2) is 0 Å². The van der Waals surface area contributed by atoms with E-state index in [0.29, 0.717) is 6.04 Å². The van der Waals surface area contributed by atoms with E-state index in [1.165, 1.54) is 9.75 Å². The number of aryl methyl sites for hydroxylation is 1. The molecule has 5 heteroatoms. The molecule has 2 fully saturated rings. The third-order valence-electron chi connectivity index (χ3n) is 5.24. The molecule has 2 atom stereocenters. The first-order chi connectivity index (χ1) is 12.1. The summed E-state index contributed by atoms with van der Waals surface area (Å²) in [4.78, 5) is 5.39. The summed E-state index contributed by atoms with van der Waals surface area (Å²) in [6.07, 6.45) is 2.22. The summed E-state index contributed by atoms with van der Waals surface area (Å²) in [5.41, 5.74) is 1.17. The summed E-state index contributed by atoms with van der Waals surface area (Å²) in [5, 5.41) is 3.61.